The van der Waals surface area contributed by atoms with E-state index in [1.807, 2.05) is 13.8 Å². The van der Waals surface area contributed by atoms with Crippen molar-refractivity contribution in [3.8, 4) is 0 Å². The van der Waals surface area contributed by atoms with Crippen molar-refractivity contribution in [2.75, 3.05) is 6.54 Å². The van der Waals surface area contributed by atoms with E-state index in [0.717, 1.165) is 19.0 Å². The van der Waals surface area contributed by atoms with Gasteiger partial charge in [0.1, 0.15) is 5.82 Å². The maximum Gasteiger partial charge on any atom is 0.181 e. The maximum absolute atomic E-state index is 13.2. The quantitative estimate of drug-likeness (QED) is 0.924. The number of hydrogen-bond donors (Lipinski definition) is 1. The largest absolute Gasteiger partial charge is 0.314 e. The summed E-state index contributed by atoms with van der Waals surface area (Å²) in [6.45, 7) is 4.81. The molecule has 0 aromatic heterocycles. The van der Waals surface area contributed by atoms with Crippen molar-refractivity contribution in [2.45, 2.75) is 42.9 Å². The van der Waals surface area contributed by atoms with E-state index in [0.29, 0.717) is 6.42 Å². The predicted octanol–water partition coefficient (Wildman–Crippen LogP) is 2.38. The van der Waals surface area contributed by atoms with Gasteiger partial charge in [0, 0.05) is 6.04 Å². The highest BCUT2D eigenvalue weighted by Gasteiger charge is 2.41. The van der Waals surface area contributed by atoms with E-state index in [1.54, 1.807) is 0 Å². The van der Waals surface area contributed by atoms with Crippen LogP contribution in [0.4, 0.5) is 4.39 Å². The molecule has 3 unspecified atom stereocenters. The van der Waals surface area contributed by atoms with Gasteiger partial charge in [0.25, 0.3) is 0 Å². The molecule has 1 fully saturated rings. The maximum atomic E-state index is 13.2. The Labute approximate surface area is 114 Å². The average molecular weight is 285 g/mol. The lowest BCUT2D eigenvalue weighted by Gasteiger charge is -2.21. The fourth-order valence-corrected chi connectivity index (χ4v) is 5.03. The van der Waals surface area contributed by atoms with Gasteiger partial charge in [0.05, 0.1) is 10.1 Å². The van der Waals surface area contributed by atoms with Crippen LogP contribution in [-0.4, -0.2) is 26.3 Å². The molecule has 0 aliphatic heterocycles. The van der Waals surface area contributed by atoms with Crippen molar-refractivity contribution in [2.24, 2.45) is 5.92 Å². The Hall–Kier alpha value is -0.940. The first-order chi connectivity index (χ1) is 8.96. The molecule has 5 heteroatoms. The molecular formula is C14H20FNO2S. The van der Waals surface area contributed by atoms with Gasteiger partial charge in [0.15, 0.2) is 9.84 Å². The van der Waals surface area contributed by atoms with Gasteiger partial charge >= 0.3 is 0 Å². The van der Waals surface area contributed by atoms with E-state index in [4.69, 9.17) is 0 Å². The molecule has 0 amide bonds. The van der Waals surface area contributed by atoms with Gasteiger partial charge in [-0.25, -0.2) is 12.8 Å². The summed E-state index contributed by atoms with van der Waals surface area (Å²) in [6, 6.07) is 5.54. The molecule has 2 rings (SSSR count). The second-order valence-corrected chi connectivity index (χ2v) is 7.31. The number of sulfone groups is 1. The van der Waals surface area contributed by atoms with Crippen LogP contribution in [0.25, 0.3) is 0 Å². The molecular weight excluding hydrogens is 265 g/mol. The number of halogens is 1. The summed E-state index contributed by atoms with van der Waals surface area (Å²) in [5.74, 6) is -0.455. The minimum absolute atomic E-state index is 0.0493. The smallest absolute Gasteiger partial charge is 0.181 e. The second-order valence-electron chi connectivity index (χ2n) is 5.14. The second kappa shape index (κ2) is 5.59. The van der Waals surface area contributed by atoms with Crippen LogP contribution >= 0.6 is 0 Å². The zero-order valence-electron chi connectivity index (χ0n) is 11.3. The fraction of sp³-hybridized carbons (Fsp3) is 0.571. The SMILES string of the molecule is CCNC1CCC(S(=O)(=O)c2cccc(F)c2)C1C. The van der Waals surface area contributed by atoms with E-state index in [-0.39, 0.29) is 16.9 Å². The van der Waals surface area contributed by atoms with Crippen molar-refractivity contribution in [3.63, 3.8) is 0 Å². The molecule has 1 N–H and O–H groups in total. The first-order valence-corrected chi connectivity index (χ1v) is 8.24. The van der Waals surface area contributed by atoms with Crippen LogP contribution in [-0.2, 0) is 9.84 Å². The Bertz CT molecular complexity index is 544. The summed E-state index contributed by atoms with van der Waals surface area (Å²) < 4.78 is 38.3. The van der Waals surface area contributed by atoms with E-state index < -0.39 is 20.9 Å². The first kappa shape index (κ1) is 14.5. The summed E-state index contributed by atoms with van der Waals surface area (Å²) in [4.78, 5) is 0.0986. The van der Waals surface area contributed by atoms with Crippen LogP contribution in [0.5, 0.6) is 0 Å². The molecule has 0 heterocycles. The van der Waals surface area contributed by atoms with Gasteiger partial charge in [-0.05, 0) is 43.5 Å². The summed E-state index contributed by atoms with van der Waals surface area (Å²) in [7, 11) is -3.44. The molecule has 0 bridgehead atoms. The Balaban J connectivity index is 2.26. The molecule has 1 aromatic rings. The fourth-order valence-electron chi connectivity index (χ4n) is 2.94. The van der Waals surface area contributed by atoms with Gasteiger partial charge in [-0.1, -0.05) is 19.9 Å². The minimum atomic E-state index is -3.44. The highest BCUT2D eigenvalue weighted by atomic mass is 32.2. The monoisotopic (exact) mass is 285 g/mol. The number of benzene rings is 1. The average Bonchev–Trinajstić information content (AvgIpc) is 2.72. The summed E-state index contributed by atoms with van der Waals surface area (Å²) in [6.07, 6.45) is 1.49. The summed E-state index contributed by atoms with van der Waals surface area (Å²) in [5.41, 5.74) is 0. The molecule has 1 aliphatic carbocycles. The first-order valence-electron chi connectivity index (χ1n) is 6.69. The molecule has 3 nitrogen and oxygen atoms in total. The highest BCUT2D eigenvalue weighted by Crippen LogP contribution is 2.34. The zero-order chi connectivity index (χ0) is 14.0. The molecule has 106 valence electrons. The van der Waals surface area contributed by atoms with Crippen molar-refractivity contribution in [1.82, 2.24) is 5.32 Å². The van der Waals surface area contributed by atoms with Gasteiger partial charge in [0.2, 0.25) is 0 Å². The number of nitrogens with one attached hydrogen (secondary N) is 1. The van der Waals surface area contributed by atoms with Crippen LogP contribution in [0, 0.1) is 11.7 Å². The van der Waals surface area contributed by atoms with E-state index >= 15 is 0 Å². The molecule has 0 spiro atoms. The zero-order valence-corrected chi connectivity index (χ0v) is 12.1. The van der Waals surface area contributed by atoms with E-state index in [1.165, 1.54) is 18.2 Å². The highest BCUT2D eigenvalue weighted by molar-refractivity contribution is 7.92. The van der Waals surface area contributed by atoms with Gasteiger partial charge in [-0.3, -0.25) is 0 Å². The standard InChI is InChI=1S/C14H20FNO2S/c1-3-16-13-7-8-14(10(13)2)19(17,18)12-6-4-5-11(15)9-12/h4-6,9-10,13-14,16H,3,7-8H2,1-2H3. The molecule has 1 aromatic carbocycles. The normalized spacial score (nSPS) is 27.6. The van der Waals surface area contributed by atoms with Crippen molar-refractivity contribution >= 4 is 9.84 Å². The lowest BCUT2D eigenvalue weighted by Crippen LogP contribution is -2.36. The Morgan fingerprint density at radius 2 is 2.11 bits per heavy atom. The topological polar surface area (TPSA) is 46.2 Å². The van der Waals surface area contributed by atoms with Crippen molar-refractivity contribution in [3.05, 3.63) is 30.1 Å². The van der Waals surface area contributed by atoms with Gasteiger partial charge in [-0.2, -0.15) is 0 Å². The Morgan fingerprint density at radius 3 is 2.74 bits per heavy atom. The van der Waals surface area contributed by atoms with E-state index in [2.05, 4.69) is 5.32 Å². The number of hydrogen-bond acceptors (Lipinski definition) is 3. The van der Waals surface area contributed by atoms with Gasteiger partial charge in [-0.15, -0.1) is 0 Å². The van der Waals surface area contributed by atoms with Crippen molar-refractivity contribution in [1.29, 1.82) is 0 Å². The lowest BCUT2D eigenvalue weighted by molar-refractivity contribution is 0.433. The van der Waals surface area contributed by atoms with E-state index in [9.17, 15) is 12.8 Å². The Kier molecular flexibility index (Phi) is 4.26. The predicted molar refractivity (Wildman–Crippen MR) is 73.2 cm³/mol. The molecule has 19 heavy (non-hydrogen) atoms. The third-order valence-corrected chi connectivity index (χ3v) is 6.35. The van der Waals surface area contributed by atoms with Crippen LogP contribution < -0.4 is 5.32 Å². The molecule has 0 saturated heterocycles. The van der Waals surface area contributed by atoms with Crippen LogP contribution in [0.15, 0.2) is 29.2 Å². The van der Waals surface area contributed by atoms with Crippen LogP contribution in [0.1, 0.15) is 26.7 Å². The molecule has 3 atom stereocenters. The summed E-state index contributed by atoms with van der Waals surface area (Å²) in [5, 5.41) is 2.90. The minimum Gasteiger partial charge on any atom is -0.314 e. The third-order valence-electron chi connectivity index (χ3n) is 3.97. The third kappa shape index (κ3) is 2.82. The van der Waals surface area contributed by atoms with Crippen molar-refractivity contribution < 1.29 is 12.8 Å². The molecule has 0 radical (unpaired) electrons. The van der Waals surface area contributed by atoms with Gasteiger partial charge < -0.3 is 5.32 Å². The Morgan fingerprint density at radius 1 is 1.37 bits per heavy atom. The molecule has 1 aliphatic rings. The lowest BCUT2D eigenvalue weighted by atomic mass is 10.1. The summed E-state index contributed by atoms with van der Waals surface area (Å²) >= 11 is 0. The molecule has 1 saturated carbocycles. The van der Waals surface area contributed by atoms with Crippen LogP contribution in [0.2, 0.25) is 0 Å². The number of rotatable bonds is 4. The van der Waals surface area contributed by atoms with Crippen LogP contribution in [0.3, 0.4) is 0 Å².